The Morgan fingerprint density at radius 1 is 1.31 bits per heavy atom. The highest BCUT2D eigenvalue weighted by Gasteiger charge is 2.20. The van der Waals surface area contributed by atoms with E-state index in [1.165, 1.54) is 29.5 Å². The van der Waals surface area contributed by atoms with Gasteiger partial charge in [-0.05, 0) is 13.0 Å². The molecule has 26 heavy (non-hydrogen) atoms. The number of benzene rings is 2. The number of ether oxygens (including phenoxy) is 2. The monoisotopic (exact) mass is 371 g/mol. The summed E-state index contributed by atoms with van der Waals surface area (Å²) in [7, 11) is 0. The van der Waals surface area contributed by atoms with E-state index in [0.717, 1.165) is 10.2 Å². The molecule has 0 aliphatic carbocycles. The number of carbonyl (C=O) groups excluding carboxylic acids is 1. The van der Waals surface area contributed by atoms with E-state index < -0.39 is 10.8 Å². The van der Waals surface area contributed by atoms with Crippen LogP contribution in [0, 0.1) is 10.1 Å². The SMILES string of the molecule is CCn1c(=NC(=O)c2ccccc2[N+](=O)[O-])sc2cc3c(cc21)OCO3. The molecule has 0 atom stereocenters. The van der Waals surface area contributed by atoms with Crippen LogP contribution in [0.25, 0.3) is 10.2 Å². The highest BCUT2D eigenvalue weighted by molar-refractivity contribution is 7.16. The first-order chi connectivity index (χ1) is 12.6. The molecule has 1 aliphatic heterocycles. The number of nitro benzene ring substituents is 1. The van der Waals surface area contributed by atoms with E-state index in [2.05, 4.69) is 4.99 Å². The molecule has 9 heteroatoms. The van der Waals surface area contributed by atoms with Crippen LogP contribution in [0.15, 0.2) is 41.4 Å². The number of hydrogen-bond acceptors (Lipinski definition) is 6. The van der Waals surface area contributed by atoms with Crippen molar-refractivity contribution < 1.29 is 19.2 Å². The summed E-state index contributed by atoms with van der Waals surface area (Å²) in [6.45, 7) is 2.71. The van der Waals surface area contributed by atoms with Gasteiger partial charge >= 0.3 is 0 Å². The van der Waals surface area contributed by atoms with Crippen molar-refractivity contribution >= 4 is 33.1 Å². The molecular formula is C17H13N3O5S. The minimum absolute atomic E-state index is 0.0354. The molecule has 1 aliphatic rings. The smallest absolute Gasteiger partial charge is 0.286 e. The fourth-order valence-electron chi connectivity index (χ4n) is 2.81. The summed E-state index contributed by atoms with van der Waals surface area (Å²) in [6.07, 6.45) is 0. The number of aryl methyl sites for hydroxylation is 1. The summed E-state index contributed by atoms with van der Waals surface area (Å²) in [5.41, 5.74) is 0.578. The van der Waals surface area contributed by atoms with Crippen molar-refractivity contribution in [2.75, 3.05) is 6.79 Å². The van der Waals surface area contributed by atoms with Crippen LogP contribution >= 0.6 is 11.3 Å². The Bertz CT molecular complexity index is 1120. The number of amides is 1. The number of thiazole rings is 1. The average Bonchev–Trinajstić information content (AvgIpc) is 3.22. The summed E-state index contributed by atoms with van der Waals surface area (Å²) < 4.78 is 13.6. The molecule has 2 heterocycles. The van der Waals surface area contributed by atoms with Gasteiger partial charge in [0.15, 0.2) is 16.3 Å². The van der Waals surface area contributed by atoms with Crippen molar-refractivity contribution in [3.05, 3.63) is 56.9 Å². The van der Waals surface area contributed by atoms with Crippen LogP contribution in [-0.2, 0) is 6.54 Å². The number of nitro groups is 1. The Morgan fingerprint density at radius 3 is 2.77 bits per heavy atom. The van der Waals surface area contributed by atoms with Crippen LogP contribution in [0.4, 0.5) is 5.69 Å². The van der Waals surface area contributed by atoms with E-state index >= 15 is 0 Å². The van der Waals surface area contributed by atoms with Crippen LogP contribution in [0.3, 0.4) is 0 Å². The molecule has 0 bridgehead atoms. The zero-order valence-corrected chi connectivity index (χ0v) is 14.5. The second kappa shape index (κ2) is 6.26. The van der Waals surface area contributed by atoms with Gasteiger partial charge in [0.2, 0.25) is 6.79 Å². The topological polar surface area (TPSA) is 96.0 Å². The second-order valence-electron chi connectivity index (χ2n) is 5.49. The summed E-state index contributed by atoms with van der Waals surface area (Å²) >= 11 is 1.32. The fourth-order valence-corrected chi connectivity index (χ4v) is 3.91. The molecular weight excluding hydrogens is 358 g/mol. The van der Waals surface area contributed by atoms with Crippen LogP contribution in [0.1, 0.15) is 17.3 Å². The summed E-state index contributed by atoms with van der Waals surface area (Å²) in [5, 5.41) is 11.1. The largest absolute Gasteiger partial charge is 0.454 e. The third kappa shape index (κ3) is 2.62. The second-order valence-corrected chi connectivity index (χ2v) is 6.50. The molecule has 0 saturated heterocycles. The number of fused-ring (bicyclic) bond motifs is 2. The van der Waals surface area contributed by atoms with Crippen LogP contribution in [-0.4, -0.2) is 22.2 Å². The van der Waals surface area contributed by atoms with Gasteiger partial charge in [0.1, 0.15) is 5.56 Å². The molecule has 0 unspecified atom stereocenters. The van der Waals surface area contributed by atoms with Gasteiger partial charge in [-0.1, -0.05) is 23.5 Å². The maximum absolute atomic E-state index is 12.6. The minimum atomic E-state index is -0.647. The third-order valence-corrected chi connectivity index (χ3v) is 5.06. The van der Waals surface area contributed by atoms with E-state index in [9.17, 15) is 14.9 Å². The molecule has 1 aromatic heterocycles. The van der Waals surface area contributed by atoms with Crippen molar-refractivity contribution in [1.29, 1.82) is 0 Å². The van der Waals surface area contributed by atoms with Gasteiger partial charge in [0, 0.05) is 24.7 Å². The molecule has 0 fully saturated rings. The summed E-state index contributed by atoms with van der Waals surface area (Å²) in [6, 6.07) is 9.50. The Hall–Kier alpha value is -3.20. The maximum Gasteiger partial charge on any atom is 0.286 e. The van der Waals surface area contributed by atoms with Crippen LogP contribution in [0.5, 0.6) is 11.5 Å². The quantitative estimate of drug-likeness (QED) is 0.521. The summed E-state index contributed by atoms with van der Waals surface area (Å²) in [5.74, 6) is 0.652. The summed E-state index contributed by atoms with van der Waals surface area (Å²) in [4.78, 5) is 27.7. The molecule has 2 aromatic carbocycles. The Morgan fingerprint density at radius 2 is 2.04 bits per heavy atom. The Balaban J connectivity index is 1.86. The number of hydrogen-bond donors (Lipinski definition) is 0. The van der Waals surface area contributed by atoms with Crippen molar-refractivity contribution in [2.45, 2.75) is 13.5 Å². The van der Waals surface area contributed by atoms with Gasteiger partial charge in [0.05, 0.1) is 15.1 Å². The van der Waals surface area contributed by atoms with E-state index in [4.69, 9.17) is 9.47 Å². The van der Waals surface area contributed by atoms with Crippen LogP contribution in [0.2, 0.25) is 0 Å². The number of aromatic nitrogens is 1. The fraction of sp³-hybridized carbons (Fsp3) is 0.176. The first-order valence-electron chi connectivity index (χ1n) is 7.84. The van der Waals surface area contributed by atoms with Gasteiger partial charge in [-0.25, -0.2) is 0 Å². The molecule has 3 aromatic rings. The molecule has 0 N–H and O–H groups in total. The highest BCUT2D eigenvalue weighted by atomic mass is 32.1. The van der Waals surface area contributed by atoms with Gasteiger partial charge in [-0.3, -0.25) is 14.9 Å². The lowest BCUT2D eigenvalue weighted by atomic mass is 10.2. The molecule has 132 valence electrons. The zero-order chi connectivity index (χ0) is 18.3. The van der Waals surface area contributed by atoms with Gasteiger partial charge < -0.3 is 14.0 Å². The molecule has 8 nitrogen and oxygen atoms in total. The number of carbonyl (C=O) groups is 1. The average molecular weight is 371 g/mol. The third-order valence-electron chi connectivity index (χ3n) is 4.02. The van der Waals surface area contributed by atoms with Crippen molar-refractivity contribution in [1.82, 2.24) is 4.57 Å². The predicted molar refractivity (Wildman–Crippen MR) is 94.6 cm³/mol. The first-order valence-corrected chi connectivity index (χ1v) is 8.65. The Labute approximate surface area is 151 Å². The van der Waals surface area contributed by atoms with Gasteiger partial charge in [-0.15, -0.1) is 0 Å². The lowest BCUT2D eigenvalue weighted by Crippen LogP contribution is -2.16. The highest BCUT2D eigenvalue weighted by Crippen LogP contribution is 2.37. The van der Waals surface area contributed by atoms with Crippen molar-refractivity contribution in [3.8, 4) is 11.5 Å². The number of rotatable bonds is 3. The van der Waals surface area contributed by atoms with Gasteiger partial charge in [-0.2, -0.15) is 4.99 Å². The molecule has 4 rings (SSSR count). The lowest BCUT2D eigenvalue weighted by molar-refractivity contribution is -0.385. The van der Waals surface area contributed by atoms with Crippen molar-refractivity contribution in [3.63, 3.8) is 0 Å². The van der Waals surface area contributed by atoms with Gasteiger partial charge in [0.25, 0.3) is 11.6 Å². The van der Waals surface area contributed by atoms with E-state index in [0.29, 0.717) is 22.8 Å². The zero-order valence-electron chi connectivity index (χ0n) is 13.7. The molecule has 0 spiro atoms. The first kappa shape index (κ1) is 16.3. The Kier molecular flexibility index (Phi) is 3.92. The van der Waals surface area contributed by atoms with E-state index in [1.54, 1.807) is 6.07 Å². The number of para-hydroxylation sites is 1. The minimum Gasteiger partial charge on any atom is -0.454 e. The lowest BCUT2D eigenvalue weighted by Gasteiger charge is -2.02. The molecule has 0 saturated carbocycles. The van der Waals surface area contributed by atoms with Crippen molar-refractivity contribution in [2.24, 2.45) is 4.99 Å². The predicted octanol–water partition coefficient (Wildman–Crippen LogP) is 3.10. The standard InChI is InChI=1S/C17H13N3O5S/c1-2-19-12-7-13-14(25-9-24-13)8-15(12)26-17(19)18-16(21)10-5-3-4-6-11(10)20(22)23/h3-8H,2,9H2,1H3. The number of nitrogens with zero attached hydrogens (tertiary/aromatic N) is 3. The maximum atomic E-state index is 12.6. The molecule has 0 radical (unpaired) electrons. The molecule has 1 amide bonds. The van der Waals surface area contributed by atoms with E-state index in [-0.39, 0.29) is 18.0 Å². The normalized spacial score (nSPS) is 13.3. The van der Waals surface area contributed by atoms with E-state index in [1.807, 2.05) is 23.6 Å². The van der Waals surface area contributed by atoms with Crippen LogP contribution < -0.4 is 14.3 Å².